The number of carboxylic acid groups (broad SMARTS) is 1. The van der Waals surface area contributed by atoms with Gasteiger partial charge in [0.25, 0.3) is 0 Å². The van der Waals surface area contributed by atoms with Crippen molar-refractivity contribution in [1.29, 1.82) is 0 Å². The standard InChI is InChI=1S/C11H12N2O2/c1-4-7(2)12-10-9(11(14)15)6-5-8(3)13-10/h1,5-7H,2-3H3,(H,12,13)(H,14,15). The first-order valence-corrected chi connectivity index (χ1v) is 4.48. The van der Waals surface area contributed by atoms with Crippen molar-refractivity contribution in [3.63, 3.8) is 0 Å². The molecule has 0 saturated carbocycles. The van der Waals surface area contributed by atoms with E-state index < -0.39 is 5.97 Å². The number of hydrogen-bond acceptors (Lipinski definition) is 3. The zero-order chi connectivity index (χ0) is 11.4. The molecule has 1 rings (SSSR count). The van der Waals surface area contributed by atoms with Crippen LogP contribution >= 0.6 is 0 Å². The highest BCUT2D eigenvalue weighted by atomic mass is 16.4. The highest BCUT2D eigenvalue weighted by Gasteiger charge is 2.12. The van der Waals surface area contributed by atoms with Crippen LogP contribution in [0.25, 0.3) is 0 Å². The molecule has 0 aliphatic carbocycles. The van der Waals surface area contributed by atoms with Crippen molar-refractivity contribution >= 4 is 11.8 Å². The molecule has 78 valence electrons. The predicted molar refractivity (Wildman–Crippen MR) is 57.9 cm³/mol. The number of nitrogens with one attached hydrogen (secondary N) is 1. The van der Waals surface area contributed by atoms with E-state index in [-0.39, 0.29) is 11.6 Å². The van der Waals surface area contributed by atoms with Gasteiger partial charge < -0.3 is 10.4 Å². The number of hydrogen-bond donors (Lipinski definition) is 2. The van der Waals surface area contributed by atoms with Crippen LogP contribution in [0.15, 0.2) is 12.1 Å². The summed E-state index contributed by atoms with van der Waals surface area (Å²) >= 11 is 0. The maximum atomic E-state index is 10.9. The zero-order valence-corrected chi connectivity index (χ0v) is 8.61. The van der Waals surface area contributed by atoms with Crippen molar-refractivity contribution in [1.82, 2.24) is 4.98 Å². The van der Waals surface area contributed by atoms with Crippen molar-refractivity contribution in [2.45, 2.75) is 19.9 Å². The average molecular weight is 204 g/mol. The molecule has 0 aliphatic heterocycles. The van der Waals surface area contributed by atoms with Crippen LogP contribution in [0.5, 0.6) is 0 Å². The summed E-state index contributed by atoms with van der Waals surface area (Å²) in [6.45, 7) is 3.55. The third kappa shape index (κ3) is 2.71. The second-order valence-corrected chi connectivity index (χ2v) is 3.19. The molecule has 0 spiro atoms. The first-order valence-electron chi connectivity index (χ1n) is 4.48. The Morgan fingerprint density at radius 2 is 2.33 bits per heavy atom. The molecule has 0 aromatic carbocycles. The van der Waals surface area contributed by atoms with Crippen molar-refractivity contribution in [2.24, 2.45) is 0 Å². The summed E-state index contributed by atoms with van der Waals surface area (Å²) < 4.78 is 0. The lowest BCUT2D eigenvalue weighted by Crippen LogP contribution is -2.16. The Morgan fingerprint density at radius 1 is 1.67 bits per heavy atom. The molecule has 1 aromatic rings. The van der Waals surface area contributed by atoms with Gasteiger partial charge in [0.05, 0.1) is 6.04 Å². The number of aromatic carboxylic acids is 1. The first-order chi connectivity index (χ1) is 7.04. The molecule has 1 unspecified atom stereocenters. The summed E-state index contributed by atoms with van der Waals surface area (Å²) in [4.78, 5) is 15.0. The van der Waals surface area contributed by atoms with Crippen LogP contribution in [0, 0.1) is 19.3 Å². The number of nitrogens with zero attached hydrogens (tertiary/aromatic N) is 1. The van der Waals surface area contributed by atoms with Crippen molar-refractivity contribution in [2.75, 3.05) is 5.32 Å². The number of terminal acetylenes is 1. The number of rotatable bonds is 3. The number of carbonyl (C=O) groups is 1. The molecule has 1 atom stereocenters. The quantitative estimate of drug-likeness (QED) is 0.733. The minimum absolute atomic E-state index is 0.128. The summed E-state index contributed by atoms with van der Waals surface area (Å²) in [5.74, 6) is 1.75. The Bertz CT molecular complexity index is 421. The van der Waals surface area contributed by atoms with E-state index in [1.165, 1.54) is 6.07 Å². The molecule has 15 heavy (non-hydrogen) atoms. The van der Waals surface area contributed by atoms with Crippen LogP contribution in [0.3, 0.4) is 0 Å². The van der Waals surface area contributed by atoms with E-state index in [1.54, 1.807) is 19.9 Å². The molecule has 0 aliphatic rings. The van der Waals surface area contributed by atoms with Crippen LogP contribution in [-0.2, 0) is 0 Å². The molecule has 0 saturated heterocycles. The van der Waals surface area contributed by atoms with E-state index in [0.29, 0.717) is 5.82 Å². The van der Waals surface area contributed by atoms with Gasteiger partial charge in [-0.3, -0.25) is 0 Å². The summed E-state index contributed by atoms with van der Waals surface area (Å²) in [6, 6.07) is 2.91. The lowest BCUT2D eigenvalue weighted by Gasteiger charge is -2.11. The Balaban J connectivity index is 3.08. The molecule has 0 bridgehead atoms. The molecule has 0 radical (unpaired) electrons. The zero-order valence-electron chi connectivity index (χ0n) is 8.61. The molecule has 2 N–H and O–H groups in total. The monoisotopic (exact) mass is 204 g/mol. The number of aryl methyl sites for hydroxylation is 1. The molecule has 1 heterocycles. The lowest BCUT2D eigenvalue weighted by atomic mass is 10.2. The van der Waals surface area contributed by atoms with Gasteiger partial charge in [0, 0.05) is 5.69 Å². The minimum Gasteiger partial charge on any atom is -0.478 e. The van der Waals surface area contributed by atoms with Crippen LogP contribution in [0.1, 0.15) is 23.0 Å². The Kier molecular flexibility index (Phi) is 3.29. The van der Waals surface area contributed by atoms with Crippen molar-refractivity contribution < 1.29 is 9.90 Å². The lowest BCUT2D eigenvalue weighted by molar-refractivity contribution is 0.0697. The SMILES string of the molecule is C#CC(C)Nc1nc(C)ccc1C(=O)O. The van der Waals surface area contributed by atoms with Gasteiger partial charge in [-0.25, -0.2) is 9.78 Å². The normalized spacial score (nSPS) is 11.5. The Hall–Kier alpha value is -2.02. The molecule has 0 amide bonds. The highest BCUT2D eigenvalue weighted by Crippen LogP contribution is 2.14. The van der Waals surface area contributed by atoms with Gasteiger partial charge in [0.1, 0.15) is 11.4 Å². The average Bonchev–Trinajstić information content (AvgIpc) is 2.17. The van der Waals surface area contributed by atoms with Gasteiger partial charge in [0.2, 0.25) is 0 Å². The summed E-state index contributed by atoms with van der Waals surface area (Å²) in [6.07, 6.45) is 5.20. The van der Waals surface area contributed by atoms with E-state index in [1.807, 2.05) is 0 Å². The Labute approximate surface area is 88.3 Å². The third-order valence-corrected chi connectivity index (χ3v) is 1.87. The second kappa shape index (κ2) is 4.47. The van der Waals surface area contributed by atoms with E-state index in [4.69, 9.17) is 11.5 Å². The third-order valence-electron chi connectivity index (χ3n) is 1.87. The van der Waals surface area contributed by atoms with Gasteiger partial charge in [-0.05, 0) is 26.0 Å². The van der Waals surface area contributed by atoms with Gasteiger partial charge >= 0.3 is 5.97 Å². The fraction of sp³-hybridized carbons (Fsp3) is 0.273. The first kappa shape index (κ1) is 11.1. The second-order valence-electron chi connectivity index (χ2n) is 3.19. The van der Waals surface area contributed by atoms with E-state index in [0.717, 1.165) is 5.69 Å². The number of anilines is 1. The van der Waals surface area contributed by atoms with Gasteiger partial charge in [-0.1, -0.05) is 5.92 Å². The summed E-state index contributed by atoms with van der Waals surface area (Å²) in [5, 5.41) is 11.8. The maximum Gasteiger partial charge on any atom is 0.339 e. The molecule has 0 fully saturated rings. The Morgan fingerprint density at radius 3 is 2.87 bits per heavy atom. The smallest absolute Gasteiger partial charge is 0.339 e. The minimum atomic E-state index is -1.02. The number of pyridine rings is 1. The maximum absolute atomic E-state index is 10.9. The predicted octanol–water partition coefficient (Wildman–Crippen LogP) is 1.52. The number of aromatic nitrogens is 1. The fourth-order valence-corrected chi connectivity index (χ4v) is 1.09. The van der Waals surface area contributed by atoms with Crippen LogP contribution < -0.4 is 5.32 Å². The van der Waals surface area contributed by atoms with Crippen molar-refractivity contribution in [3.8, 4) is 12.3 Å². The van der Waals surface area contributed by atoms with Gasteiger partial charge in [-0.15, -0.1) is 6.42 Å². The van der Waals surface area contributed by atoms with E-state index >= 15 is 0 Å². The van der Waals surface area contributed by atoms with E-state index in [9.17, 15) is 4.79 Å². The molecular weight excluding hydrogens is 192 g/mol. The topological polar surface area (TPSA) is 62.2 Å². The van der Waals surface area contributed by atoms with Gasteiger partial charge in [-0.2, -0.15) is 0 Å². The molecule has 1 aromatic heterocycles. The molecular formula is C11H12N2O2. The van der Waals surface area contributed by atoms with Crippen LogP contribution in [0.2, 0.25) is 0 Å². The van der Waals surface area contributed by atoms with Crippen molar-refractivity contribution in [3.05, 3.63) is 23.4 Å². The summed E-state index contributed by atoms with van der Waals surface area (Å²) in [5.41, 5.74) is 0.870. The highest BCUT2D eigenvalue weighted by molar-refractivity contribution is 5.93. The number of carboxylic acids is 1. The largest absolute Gasteiger partial charge is 0.478 e. The molecule has 4 nitrogen and oxygen atoms in total. The van der Waals surface area contributed by atoms with Crippen LogP contribution in [-0.4, -0.2) is 22.1 Å². The summed E-state index contributed by atoms with van der Waals surface area (Å²) in [7, 11) is 0. The fourth-order valence-electron chi connectivity index (χ4n) is 1.09. The van der Waals surface area contributed by atoms with Gasteiger partial charge in [0.15, 0.2) is 0 Å². The molecule has 4 heteroatoms. The van der Waals surface area contributed by atoms with E-state index in [2.05, 4.69) is 16.2 Å². The van der Waals surface area contributed by atoms with Crippen LogP contribution in [0.4, 0.5) is 5.82 Å².